The SMILES string of the molecule is COc1ccc(Cl)cc1C(=O)NNC(=O)/C=C/c1cc(Br)ccc1F. The van der Waals surface area contributed by atoms with Gasteiger partial charge in [0.2, 0.25) is 0 Å². The molecule has 2 rings (SSSR count). The molecule has 0 saturated heterocycles. The van der Waals surface area contributed by atoms with Crippen molar-refractivity contribution in [2.75, 3.05) is 7.11 Å². The average Bonchev–Trinajstić information content (AvgIpc) is 2.60. The molecule has 0 aromatic heterocycles. The molecule has 0 heterocycles. The van der Waals surface area contributed by atoms with Crippen molar-refractivity contribution in [3.63, 3.8) is 0 Å². The van der Waals surface area contributed by atoms with E-state index in [-0.39, 0.29) is 11.1 Å². The molecule has 8 heteroatoms. The van der Waals surface area contributed by atoms with Crippen molar-refractivity contribution in [2.45, 2.75) is 0 Å². The van der Waals surface area contributed by atoms with Crippen LogP contribution >= 0.6 is 27.5 Å². The van der Waals surface area contributed by atoms with Gasteiger partial charge in [-0.25, -0.2) is 4.39 Å². The van der Waals surface area contributed by atoms with Crippen LogP contribution in [0, 0.1) is 5.82 Å². The Labute approximate surface area is 156 Å². The molecule has 0 aliphatic carbocycles. The maximum atomic E-state index is 13.6. The summed E-state index contributed by atoms with van der Waals surface area (Å²) < 4.78 is 19.3. The summed E-state index contributed by atoms with van der Waals surface area (Å²) in [5.74, 6) is -1.40. The van der Waals surface area contributed by atoms with Crippen LogP contribution in [0.5, 0.6) is 5.75 Å². The zero-order valence-corrected chi connectivity index (χ0v) is 15.3. The fourth-order valence-electron chi connectivity index (χ4n) is 1.89. The van der Waals surface area contributed by atoms with E-state index in [0.717, 1.165) is 6.08 Å². The van der Waals surface area contributed by atoms with Gasteiger partial charge in [0.1, 0.15) is 11.6 Å². The normalized spacial score (nSPS) is 10.6. The number of rotatable bonds is 4. The summed E-state index contributed by atoms with van der Waals surface area (Å²) in [5, 5.41) is 0.349. The smallest absolute Gasteiger partial charge is 0.273 e. The lowest BCUT2D eigenvalue weighted by Gasteiger charge is -2.09. The maximum Gasteiger partial charge on any atom is 0.273 e. The topological polar surface area (TPSA) is 67.4 Å². The molecule has 0 radical (unpaired) electrons. The molecule has 130 valence electrons. The van der Waals surface area contributed by atoms with Crippen molar-refractivity contribution in [3.05, 3.63) is 68.9 Å². The van der Waals surface area contributed by atoms with Crippen LogP contribution in [0.25, 0.3) is 6.08 Å². The first-order valence-corrected chi connectivity index (χ1v) is 8.15. The summed E-state index contributed by atoms with van der Waals surface area (Å²) in [6.07, 6.45) is 2.39. The van der Waals surface area contributed by atoms with Crippen LogP contribution in [0.15, 0.2) is 46.9 Å². The summed E-state index contributed by atoms with van der Waals surface area (Å²) in [7, 11) is 1.41. The number of hydrogen-bond acceptors (Lipinski definition) is 3. The lowest BCUT2D eigenvalue weighted by molar-refractivity contribution is -0.117. The van der Waals surface area contributed by atoms with Crippen LogP contribution in [0.1, 0.15) is 15.9 Å². The second-order valence-corrected chi connectivity index (χ2v) is 6.14. The molecular formula is C17H13BrClFN2O3. The third-order valence-corrected chi connectivity index (χ3v) is 3.81. The summed E-state index contributed by atoms with van der Waals surface area (Å²) in [6.45, 7) is 0. The zero-order valence-electron chi connectivity index (χ0n) is 13.0. The molecule has 2 aromatic carbocycles. The largest absolute Gasteiger partial charge is 0.496 e. The third-order valence-electron chi connectivity index (χ3n) is 3.08. The summed E-state index contributed by atoms with van der Waals surface area (Å²) in [4.78, 5) is 23.9. The Kier molecular flexibility index (Phi) is 6.55. The minimum absolute atomic E-state index is 0.164. The number of methoxy groups -OCH3 is 1. The molecule has 2 amide bonds. The number of halogens is 3. The average molecular weight is 428 g/mol. The number of carbonyl (C=O) groups excluding carboxylic acids is 2. The van der Waals surface area contributed by atoms with E-state index in [1.165, 1.54) is 37.5 Å². The van der Waals surface area contributed by atoms with E-state index in [9.17, 15) is 14.0 Å². The molecule has 0 bridgehead atoms. The monoisotopic (exact) mass is 426 g/mol. The first-order chi connectivity index (χ1) is 11.9. The highest BCUT2D eigenvalue weighted by atomic mass is 79.9. The Bertz CT molecular complexity index is 843. The fraction of sp³-hybridized carbons (Fsp3) is 0.0588. The number of hydrogen-bond donors (Lipinski definition) is 2. The number of hydrazine groups is 1. The van der Waals surface area contributed by atoms with Gasteiger partial charge in [-0.2, -0.15) is 0 Å². The van der Waals surface area contributed by atoms with Gasteiger partial charge in [-0.05, 0) is 42.5 Å². The molecule has 5 nitrogen and oxygen atoms in total. The molecular weight excluding hydrogens is 415 g/mol. The number of ether oxygens (including phenoxy) is 1. The van der Waals surface area contributed by atoms with Gasteiger partial charge >= 0.3 is 0 Å². The molecule has 0 atom stereocenters. The van der Waals surface area contributed by atoms with E-state index < -0.39 is 17.6 Å². The molecule has 0 fully saturated rings. The number of amides is 2. The van der Waals surface area contributed by atoms with Gasteiger partial charge in [0.25, 0.3) is 11.8 Å². The highest BCUT2D eigenvalue weighted by molar-refractivity contribution is 9.10. The highest BCUT2D eigenvalue weighted by Crippen LogP contribution is 2.22. The van der Waals surface area contributed by atoms with Crippen molar-refractivity contribution in [1.82, 2.24) is 10.9 Å². The van der Waals surface area contributed by atoms with Gasteiger partial charge in [0, 0.05) is 21.1 Å². The minimum Gasteiger partial charge on any atom is -0.496 e. The number of benzene rings is 2. The van der Waals surface area contributed by atoms with Crippen molar-refractivity contribution in [1.29, 1.82) is 0 Å². The van der Waals surface area contributed by atoms with E-state index in [2.05, 4.69) is 26.8 Å². The van der Waals surface area contributed by atoms with Gasteiger partial charge < -0.3 is 4.74 Å². The fourth-order valence-corrected chi connectivity index (χ4v) is 2.44. The van der Waals surface area contributed by atoms with Crippen molar-refractivity contribution < 1.29 is 18.7 Å². The Morgan fingerprint density at radius 2 is 1.96 bits per heavy atom. The predicted molar refractivity (Wildman–Crippen MR) is 96.7 cm³/mol. The maximum absolute atomic E-state index is 13.6. The number of carbonyl (C=O) groups is 2. The Hall–Kier alpha value is -2.38. The summed E-state index contributed by atoms with van der Waals surface area (Å²) in [6, 6.07) is 8.86. The molecule has 0 aliphatic heterocycles. The van der Waals surface area contributed by atoms with Crippen molar-refractivity contribution >= 4 is 45.4 Å². The quantitative estimate of drug-likeness (QED) is 0.577. The van der Waals surface area contributed by atoms with E-state index in [1.807, 2.05) is 0 Å². The van der Waals surface area contributed by atoms with Crippen LogP contribution in [-0.4, -0.2) is 18.9 Å². The molecule has 0 spiro atoms. The van der Waals surface area contributed by atoms with E-state index in [1.54, 1.807) is 12.1 Å². The predicted octanol–water partition coefficient (Wildman–Crippen LogP) is 3.72. The second-order valence-electron chi connectivity index (χ2n) is 4.79. The van der Waals surface area contributed by atoms with Gasteiger partial charge in [0.15, 0.2) is 0 Å². The molecule has 0 unspecified atom stereocenters. The molecule has 25 heavy (non-hydrogen) atoms. The lowest BCUT2D eigenvalue weighted by Crippen LogP contribution is -2.40. The van der Waals surface area contributed by atoms with Crippen molar-refractivity contribution in [3.8, 4) is 5.75 Å². The number of nitrogens with one attached hydrogen (secondary N) is 2. The Morgan fingerprint density at radius 1 is 1.20 bits per heavy atom. The van der Waals surface area contributed by atoms with Crippen LogP contribution in [0.3, 0.4) is 0 Å². The van der Waals surface area contributed by atoms with Crippen LogP contribution < -0.4 is 15.6 Å². The van der Waals surface area contributed by atoms with E-state index >= 15 is 0 Å². The molecule has 0 aliphatic rings. The van der Waals surface area contributed by atoms with Gasteiger partial charge in [-0.3, -0.25) is 20.4 Å². The van der Waals surface area contributed by atoms with Gasteiger partial charge in [0.05, 0.1) is 12.7 Å². The Balaban J connectivity index is 2.00. The first kappa shape index (κ1) is 19.0. The molecule has 0 saturated carbocycles. The Morgan fingerprint density at radius 3 is 2.68 bits per heavy atom. The molecule has 2 N–H and O–H groups in total. The third kappa shape index (κ3) is 5.30. The van der Waals surface area contributed by atoms with E-state index in [4.69, 9.17) is 16.3 Å². The molecule has 2 aromatic rings. The van der Waals surface area contributed by atoms with Gasteiger partial charge in [-0.1, -0.05) is 27.5 Å². The highest BCUT2D eigenvalue weighted by Gasteiger charge is 2.13. The standard InChI is InChI=1S/C17H13BrClFN2O3/c1-25-15-6-4-12(19)9-13(15)17(24)22-21-16(23)7-2-10-8-11(18)3-5-14(10)20/h2-9H,1H3,(H,21,23)(H,22,24)/b7-2+. The summed E-state index contributed by atoms with van der Waals surface area (Å²) in [5.41, 5.74) is 4.82. The van der Waals surface area contributed by atoms with Crippen LogP contribution in [0.2, 0.25) is 5.02 Å². The first-order valence-electron chi connectivity index (χ1n) is 6.97. The lowest BCUT2D eigenvalue weighted by atomic mass is 10.2. The van der Waals surface area contributed by atoms with Crippen molar-refractivity contribution in [2.24, 2.45) is 0 Å². The van der Waals surface area contributed by atoms with E-state index in [0.29, 0.717) is 15.2 Å². The van der Waals surface area contributed by atoms with Crippen LogP contribution in [-0.2, 0) is 4.79 Å². The zero-order chi connectivity index (χ0) is 18.4. The van der Waals surface area contributed by atoms with Crippen LogP contribution in [0.4, 0.5) is 4.39 Å². The summed E-state index contributed by atoms with van der Waals surface area (Å²) >= 11 is 9.07. The van der Waals surface area contributed by atoms with Gasteiger partial charge in [-0.15, -0.1) is 0 Å². The second kappa shape index (κ2) is 8.64. The minimum atomic E-state index is -0.631.